The van der Waals surface area contributed by atoms with Crippen LogP contribution >= 0.6 is 0 Å². The lowest BCUT2D eigenvalue weighted by atomic mass is 9.49. The average Bonchev–Trinajstić information content (AvgIpc) is 2.59. The molecule has 0 aromatic heterocycles. The molecule has 148 valence electrons. The molecular formula is C20H34N2O3S. The van der Waals surface area contributed by atoms with Crippen LogP contribution in [0.15, 0.2) is 0 Å². The summed E-state index contributed by atoms with van der Waals surface area (Å²) in [6.07, 6.45) is 10.5. The van der Waals surface area contributed by atoms with Crippen LogP contribution in [0.2, 0.25) is 0 Å². The summed E-state index contributed by atoms with van der Waals surface area (Å²) in [4.78, 5) is 15.4. The molecule has 1 amide bonds. The third-order valence-electron chi connectivity index (χ3n) is 7.39. The van der Waals surface area contributed by atoms with E-state index in [1.165, 1.54) is 19.3 Å². The van der Waals surface area contributed by atoms with Gasteiger partial charge in [-0.1, -0.05) is 13.3 Å². The van der Waals surface area contributed by atoms with Crippen molar-refractivity contribution in [1.82, 2.24) is 9.62 Å². The first-order chi connectivity index (χ1) is 12.4. The highest BCUT2D eigenvalue weighted by Crippen LogP contribution is 2.60. The van der Waals surface area contributed by atoms with Crippen molar-refractivity contribution >= 4 is 15.9 Å². The predicted octanol–water partition coefficient (Wildman–Crippen LogP) is 2.91. The normalized spacial score (nSPS) is 37.3. The van der Waals surface area contributed by atoms with Gasteiger partial charge in [-0.15, -0.1) is 0 Å². The zero-order valence-corrected chi connectivity index (χ0v) is 16.9. The van der Waals surface area contributed by atoms with Gasteiger partial charge >= 0.3 is 0 Å². The van der Waals surface area contributed by atoms with Crippen molar-refractivity contribution in [3.05, 3.63) is 0 Å². The van der Waals surface area contributed by atoms with E-state index < -0.39 is 10.0 Å². The molecule has 1 saturated heterocycles. The summed E-state index contributed by atoms with van der Waals surface area (Å²) in [7, 11) is -3.17. The van der Waals surface area contributed by atoms with Crippen molar-refractivity contribution in [3.63, 3.8) is 0 Å². The highest BCUT2D eigenvalue weighted by molar-refractivity contribution is 7.89. The first-order valence-electron chi connectivity index (χ1n) is 10.7. The maximum absolute atomic E-state index is 13.4. The number of unbranched alkanes of at least 4 members (excludes halogenated alkanes) is 1. The first kappa shape index (κ1) is 18.7. The fraction of sp³-hybridized carbons (Fsp3) is 0.950. The summed E-state index contributed by atoms with van der Waals surface area (Å²) < 4.78 is 27.1. The highest BCUT2D eigenvalue weighted by atomic mass is 32.2. The topological polar surface area (TPSA) is 66.5 Å². The van der Waals surface area contributed by atoms with Gasteiger partial charge in [-0.2, -0.15) is 0 Å². The zero-order chi connectivity index (χ0) is 18.4. The van der Waals surface area contributed by atoms with E-state index in [0.29, 0.717) is 25.4 Å². The molecule has 0 radical (unpaired) electrons. The molecule has 4 aliphatic carbocycles. The summed E-state index contributed by atoms with van der Waals surface area (Å²) in [5, 5.41) is 0. The first-order valence-corrected chi connectivity index (χ1v) is 12.3. The number of rotatable bonds is 6. The Morgan fingerprint density at radius 3 is 2.08 bits per heavy atom. The molecule has 4 saturated carbocycles. The van der Waals surface area contributed by atoms with E-state index in [4.69, 9.17) is 0 Å². The maximum Gasteiger partial charge on any atom is 0.228 e. The summed E-state index contributed by atoms with van der Waals surface area (Å²) in [5.41, 5.74) is -0.0672. The second kappa shape index (κ2) is 7.08. The Balaban J connectivity index is 1.33. The van der Waals surface area contributed by atoms with Crippen molar-refractivity contribution in [2.75, 3.05) is 18.8 Å². The highest BCUT2D eigenvalue weighted by Gasteiger charge is 2.55. The monoisotopic (exact) mass is 382 g/mol. The number of amides is 1. The van der Waals surface area contributed by atoms with Gasteiger partial charge in [-0.25, -0.2) is 13.1 Å². The van der Waals surface area contributed by atoms with Crippen LogP contribution in [0.4, 0.5) is 0 Å². The third-order valence-corrected chi connectivity index (χ3v) is 8.91. The minimum absolute atomic E-state index is 0.00253. The van der Waals surface area contributed by atoms with Crippen LogP contribution < -0.4 is 4.72 Å². The standard InChI is InChI=1S/C20H34N2O3S/c1-2-3-8-26(24,25)21-18-4-6-22(7-5-18)19(23)20-12-15-9-16(13-20)11-17(10-15)14-20/h15-18,21H,2-14H2,1H3. The lowest BCUT2D eigenvalue weighted by Crippen LogP contribution is -2.56. The van der Waals surface area contributed by atoms with E-state index in [1.54, 1.807) is 0 Å². The molecule has 0 atom stereocenters. The summed E-state index contributed by atoms with van der Waals surface area (Å²) >= 11 is 0. The Kier molecular flexibility index (Phi) is 5.10. The molecule has 5 nitrogen and oxygen atoms in total. The van der Waals surface area contributed by atoms with Gasteiger partial charge in [0.05, 0.1) is 11.2 Å². The lowest BCUT2D eigenvalue weighted by molar-refractivity contribution is -0.158. The molecule has 26 heavy (non-hydrogen) atoms. The van der Waals surface area contributed by atoms with Gasteiger partial charge in [0, 0.05) is 19.1 Å². The number of hydrogen-bond acceptors (Lipinski definition) is 3. The summed E-state index contributed by atoms with van der Waals surface area (Å²) in [5.74, 6) is 2.97. The van der Waals surface area contributed by atoms with Crippen LogP contribution in [0, 0.1) is 23.2 Å². The van der Waals surface area contributed by atoms with Crippen molar-refractivity contribution in [2.45, 2.75) is 77.2 Å². The molecule has 1 heterocycles. The Hall–Kier alpha value is -0.620. The van der Waals surface area contributed by atoms with Crippen LogP contribution in [0.1, 0.15) is 71.1 Å². The van der Waals surface area contributed by atoms with Gasteiger partial charge in [-0.3, -0.25) is 4.79 Å². The number of nitrogens with one attached hydrogen (secondary N) is 1. The number of hydrogen-bond donors (Lipinski definition) is 1. The fourth-order valence-electron chi connectivity index (χ4n) is 6.56. The molecule has 0 unspecified atom stereocenters. The van der Waals surface area contributed by atoms with Crippen LogP contribution in [0.25, 0.3) is 0 Å². The fourth-order valence-corrected chi connectivity index (χ4v) is 8.09. The molecule has 4 bridgehead atoms. The quantitative estimate of drug-likeness (QED) is 0.768. The minimum atomic E-state index is -3.17. The van der Waals surface area contributed by atoms with Crippen LogP contribution in [-0.2, 0) is 14.8 Å². The van der Waals surface area contributed by atoms with E-state index in [1.807, 2.05) is 6.92 Å². The van der Waals surface area contributed by atoms with E-state index in [2.05, 4.69) is 9.62 Å². The van der Waals surface area contributed by atoms with Gasteiger partial charge in [0.1, 0.15) is 0 Å². The summed E-state index contributed by atoms with van der Waals surface area (Å²) in [6.45, 7) is 3.42. The lowest BCUT2D eigenvalue weighted by Gasteiger charge is -2.57. The van der Waals surface area contributed by atoms with Crippen molar-refractivity contribution in [2.24, 2.45) is 23.2 Å². The third kappa shape index (κ3) is 3.68. The Bertz CT molecular complexity index is 602. The number of sulfonamides is 1. The van der Waals surface area contributed by atoms with Crippen molar-refractivity contribution < 1.29 is 13.2 Å². The number of carbonyl (C=O) groups is 1. The van der Waals surface area contributed by atoms with E-state index in [-0.39, 0.29) is 17.2 Å². The molecular weight excluding hydrogens is 348 g/mol. The number of carbonyl (C=O) groups excluding carboxylic acids is 1. The molecule has 6 heteroatoms. The maximum atomic E-state index is 13.4. The Labute approximate surface area is 158 Å². The van der Waals surface area contributed by atoms with Crippen molar-refractivity contribution in [3.8, 4) is 0 Å². The molecule has 0 aromatic carbocycles. The molecule has 5 aliphatic rings. The predicted molar refractivity (Wildman–Crippen MR) is 102 cm³/mol. The number of piperidine rings is 1. The van der Waals surface area contributed by atoms with Crippen LogP contribution in [0.5, 0.6) is 0 Å². The van der Waals surface area contributed by atoms with E-state index >= 15 is 0 Å². The van der Waals surface area contributed by atoms with Gasteiger partial charge in [0.25, 0.3) is 0 Å². The van der Waals surface area contributed by atoms with Gasteiger partial charge in [-0.05, 0) is 75.5 Å². The van der Waals surface area contributed by atoms with Gasteiger partial charge in [0.2, 0.25) is 15.9 Å². The summed E-state index contributed by atoms with van der Waals surface area (Å²) in [6, 6.07) is -0.00253. The second-order valence-corrected chi connectivity index (χ2v) is 11.4. The van der Waals surface area contributed by atoms with Gasteiger partial charge in [0.15, 0.2) is 0 Å². The molecule has 0 spiro atoms. The number of nitrogens with zero attached hydrogens (tertiary/aromatic N) is 1. The van der Waals surface area contributed by atoms with Crippen LogP contribution in [-0.4, -0.2) is 44.1 Å². The zero-order valence-electron chi connectivity index (χ0n) is 16.1. The minimum Gasteiger partial charge on any atom is -0.342 e. The van der Waals surface area contributed by atoms with Crippen LogP contribution in [0.3, 0.4) is 0 Å². The Morgan fingerprint density at radius 1 is 1.04 bits per heavy atom. The average molecular weight is 383 g/mol. The van der Waals surface area contributed by atoms with Crippen molar-refractivity contribution in [1.29, 1.82) is 0 Å². The second-order valence-electron chi connectivity index (χ2n) is 9.55. The SMILES string of the molecule is CCCCS(=O)(=O)NC1CCN(C(=O)C23CC4CC(CC(C4)C2)C3)CC1. The molecule has 0 aromatic rings. The van der Waals surface area contributed by atoms with Gasteiger partial charge < -0.3 is 4.90 Å². The Morgan fingerprint density at radius 2 is 1.58 bits per heavy atom. The largest absolute Gasteiger partial charge is 0.342 e. The van der Waals surface area contributed by atoms with E-state index in [0.717, 1.165) is 56.3 Å². The van der Waals surface area contributed by atoms with E-state index in [9.17, 15) is 13.2 Å². The molecule has 1 aliphatic heterocycles. The molecule has 1 N–H and O–H groups in total. The number of likely N-dealkylation sites (tertiary alicyclic amines) is 1. The molecule has 5 rings (SSSR count). The smallest absolute Gasteiger partial charge is 0.228 e. The molecule has 5 fully saturated rings.